The number of carbonyl (C=O) groups is 1. The summed E-state index contributed by atoms with van der Waals surface area (Å²) >= 11 is 1.54. The molecule has 1 N–H and O–H groups in total. The molecule has 3 nitrogen and oxygen atoms in total. The number of thiophene rings is 1. The zero-order valence-electron chi connectivity index (χ0n) is 18.5. The third-order valence-electron chi connectivity index (χ3n) is 10.0. The third-order valence-corrected chi connectivity index (χ3v) is 10.9. The van der Waals surface area contributed by atoms with Crippen LogP contribution >= 0.6 is 11.3 Å². The van der Waals surface area contributed by atoms with E-state index in [1.807, 2.05) is 17.5 Å². The molecule has 0 unspecified atom stereocenters. The average Bonchev–Trinajstić information content (AvgIpc) is 3.34. The van der Waals surface area contributed by atoms with Gasteiger partial charge in [-0.3, -0.25) is 4.79 Å². The number of nitrogens with zero attached hydrogens (tertiary/aromatic N) is 1. The molecule has 5 rings (SSSR count). The summed E-state index contributed by atoms with van der Waals surface area (Å²) in [4.78, 5) is 16.0. The number of hydrogen-bond donors (Lipinski definition) is 1. The van der Waals surface area contributed by atoms with E-state index in [1.165, 1.54) is 57.9 Å². The molecule has 1 aromatic heterocycles. The van der Waals surface area contributed by atoms with E-state index in [-0.39, 0.29) is 5.91 Å². The number of likely N-dealkylation sites (tertiary alicyclic amines) is 1. The predicted molar refractivity (Wildman–Crippen MR) is 120 cm³/mol. The van der Waals surface area contributed by atoms with Gasteiger partial charge >= 0.3 is 0 Å². The molecule has 4 heteroatoms. The molecule has 2 heterocycles. The van der Waals surface area contributed by atoms with Crippen LogP contribution in [0.3, 0.4) is 0 Å². The molecule has 160 valence electrons. The molecule has 4 fully saturated rings. The number of rotatable bonds is 3. The molecule has 3 saturated carbocycles. The van der Waals surface area contributed by atoms with Gasteiger partial charge in [0.2, 0.25) is 0 Å². The Bertz CT molecular complexity index is 748. The van der Waals surface area contributed by atoms with Crippen LogP contribution in [0.2, 0.25) is 0 Å². The van der Waals surface area contributed by atoms with Gasteiger partial charge in [0, 0.05) is 12.6 Å². The average molecular weight is 415 g/mol. The minimum absolute atomic E-state index is 0.124. The van der Waals surface area contributed by atoms with E-state index in [1.54, 1.807) is 11.3 Å². The summed E-state index contributed by atoms with van der Waals surface area (Å²) in [5.74, 6) is 3.48. The number of nitrogens with one attached hydrogen (secondary N) is 1. The van der Waals surface area contributed by atoms with Crippen LogP contribution in [0.15, 0.2) is 17.5 Å². The lowest BCUT2D eigenvalue weighted by Gasteiger charge is -2.62. The molecule has 0 radical (unpaired) electrons. The summed E-state index contributed by atoms with van der Waals surface area (Å²) < 4.78 is 0. The number of fused-ring (bicyclic) bond motifs is 5. The first-order valence-electron chi connectivity index (χ1n) is 12.0. The van der Waals surface area contributed by atoms with Gasteiger partial charge in [-0.05, 0) is 111 Å². The van der Waals surface area contributed by atoms with Crippen molar-refractivity contribution in [2.24, 2.45) is 34.5 Å². The Morgan fingerprint density at radius 2 is 1.97 bits per heavy atom. The van der Waals surface area contributed by atoms with Gasteiger partial charge in [0.05, 0.1) is 4.88 Å². The SMILES string of the molecule is CN1CCC[C@]2(C)[C@H]3CC[C@]4(C)[C@@H](CNC(=O)c5cccs5)CC[C@H]4[C@@H]3CC[C@@H]12. The van der Waals surface area contributed by atoms with Crippen LogP contribution in [-0.2, 0) is 0 Å². The molecule has 0 bridgehead atoms. The fraction of sp³-hybridized carbons (Fsp3) is 0.800. The molecule has 29 heavy (non-hydrogen) atoms. The summed E-state index contributed by atoms with van der Waals surface area (Å²) in [5.41, 5.74) is 0.955. The van der Waals surface area contributed by atoms with Crippen LogP contribution in [0.1, 0.15) is 74.9 Å². The lowest BCUT2D eigenvalue weighted by molar-refractivity contribution is -0.122. The van der Waals surface area contributed by atoms with Crippen molar-refractivity contribution in [2.45, 2.75) is 71.3 Å². The first-order valence-corrected chi connectivity index (χ1v) is 12.8. The van der Waals surface area contributed by atoms with Gasteiger partial charge < -0.3 is 10.2 Å². The van der Waals surface area contributed by atoms with Crippen LogP contribution in [0, 0.1) is 34.5 Å². The van der Waals surface area contributed by atoms with E-state index in [2.05, 4.69) is 31.1 Å². The van der Waals surface area contributed by atoms with Gasteiger partial charge in [-0.25, -0.2) is 0 Å². The predicted octanol–water partition coefficient (Wildman–Crippen LogP) is 5.43. The molecule has 1 amide bonds. The maximum Gasteiger partial charge on any atom is 0.261 e. The van der Waals surface area contributed by atoms with E-state index >= 15 is 0 Å². The Morgan fingerprint density at radius 1 is 1.14 bits per heavy atom. The third kappa shape index (κ3) is 3.12. The van der Waals surface area contributed by atoms with Gasteiger partial charge in [0.1, 0.15) is 0 Å². The lowest BCUT2D eigenvalue weighted by Crippen LogP contribution is -2.60. The van der Waals surface area contributed by atoms with Crippen molar-refractivity contribution in [3.63, 3.8) is 0 Å². The zero-order valence-corrected chi connectivity index (χ0v) is 19.3. The first-order chi connectivity index (χ1) is 13.9. The molecule has 7 atom stereocenters. The molecule has 4 aliphatic rings. The largest absolute Gasteiger partial charge is 0.351 e. The minimum atomic E-state index is 0.124. The summed E-state index contributed by atoms with van der Waals surface area (Å²) in [6.45, 7) is 7.37. The van der Waals surface area contributed by atoms with Crippen LogP contribution in [0.25, 0.3) is 0 Å². The molecule has 1 aliphatic heterocycles. The minimum Gasteiger partial charge on any atom is -0.351 e. The normalized spacial score (nSPS) is 44.6. The van der Waals surface area contributed by atoms with Crippen LogP contribution in [0.5, 0.6) is 0 Å². The van der Waals surface area contributed by atoms with E-state index in [0.717, 1.165) is 35.2 Å². The number of hydrogen-bond acceptors (Lipinski definition) is 3. The highest BCUT2D eigenvalue weighted by Crippen LogP contribution is 2.65. The van der Waals surface area contributed by atoms with Crippen molar-refractivity contribution in [1.82, 2.24) is 10.2 Å². The molecular formula is C25H38N2OS. The van der Waals surface area contributed by atoms with Crippen LogP contribution < -0.4 is 5.32 Å². The Labute approximate surface area is 180 Å². The number of carbonyl (C=O) groups excluding carboxylic acids is 1. The van der Waals surface area contributed by atoms with E-state index in [0.29, 0.717) is 16.7 Å². The molecule has 0 aromatic carbocycles. The summed E-state index contributed by atoms with van der Waals surface area (Å²) in [7, 11) is 2.37. The van der Waals surface area contributed by atoms with Gasteiger partial charge in [-0.1, -0.05) is 19.9 Å². The highest BCUT2D eigenvalue weighted by Gasteiger charge is 2.60. The van der Waals surface area contributed by atoms with E-state index < -0.39 is 0 Å². The van der Waals surface area contributed by atoms with Crippen molar-refractivity contribution in [1.29, 1.82) is 0 Å². The second kappa shape index (κ2) is 7.37. The van der Waals surface area contributed by atoms with Gasteiger partial charge in [0.15, 0.2) is 0 Å². The topological polar surface area (TPSA) is 32.3 Å². The highest BCUT2D eigenvalue weighted by atomic mass is 32.1. The monoisotopic (exact) mass is 414 g/mol. The van der Waals surface area contributed by atoms with Crippen molar-refractivity contribution >= 4 is 17.2 Å². The standard InChI is InChI=1S/C25H38N2OS/c1-24-13-11-20-18(8-10-22-25(20,2)12-5-14-27(22)3)19(24)9-7-17(24)16-26-23(28)21-6-4-15-29-21/h4,6,15,17-20,22H,5,7-14,16H2,1-3H3,(H,26,28)/t17-,18+,19+,20+,22-,24-,25-/m1/s1. The quantitative estimate of drug-likeness (QED) is 0.715. The van der Waals surface area contributed by atoms with Crippen molar-refractivity contribution in [2.75, 3.05) is 20.1 Å². The van der Waals surface area contributed by atoms with Crippen molar-refractivity contribution < 1.29 is 4.79 Å². The Kier molecular flexibility index (Phi) is 5.10. The summed E-state index contributed by atoms with van der Waals surface area (Å²) in [6, 6.07) is 4.71. The van der Waals surface area contributed by atoms with Crippen LogP contribution in [-0.4, -0.2) is 37.0 Å². The van der Waals surface area contributed by atoms with Gasteiger partial charge in [0.25, 0.3) is 5.91 Å². The summed E-state index contributed by atoms with van der Waals surface area (Å²) in [5, 5.41) is 5.27. The molecule has 0 spiro atoms. The second-order valence-electron chi connectivity index (χ2n) is 11.1. The van der Waals surface area contributed by atoms with Crippen LogP contribution in [0.4, 0.5) is 0 Å². The van der Waals surface area contributed by atoms with Crippen molar-refractivity contribution in [3.05, 3.63) is 22.4 Å². The second-order valence-corrected chi connectivity index (χ2v) is 12.0. The van der Waals surface area contributed by atoms with Gasteiger partial charge in [-0.15, -0.1) is 11.3 Å². The Balaban J connectivity index is 1.30. The van der Waals surface area contributed by atoms with Crippen molar-refractivity contribution in [3.8, 4) is 0 Å². The lowest BCUT2D eigenvalue weighted by atomic mass is 9.47. The highest BCUT2D eigenvalue weighted by molar-refractivity contribution is 7.12. The zero-order chi connectivity index (χ0) is 20.2. The Hall–Kier alpha value is -0.870. The first kappa shape index (κ1) is 20.1. The maximum absolute atomic E-state index is 12.5. The number of amides is 1. The maximum atomic E-state index is 12.5. The molecular weight excluding hydrogens is 376 g/mol. The molecule has 1 aromatic rings. The fourth-order valence-electron chi connectivity index (χ4n) is 8.53. The van der Waals surface area contributed by atoms with Gasteiger partial charge in [-0.2, -0.15) is 0 Å². The van der Waals surface area contributed by atoms with E-state index in [9.17, 15) is 4.79 Å². The Morgan fingerprint density at radius 3 is 2.76 bits per heavy atom. The van der Waals surface area contributed by atoms with E-state index in [4.69, 9.17) is 0 Å². The molecule has 1 saturated heterocycles. The molecule has 3 aliphatic carbocycles. The number of piperidine rings is 1. The smallest absolute Gasteiger partial charge is 0.261 e. The summed E-state index contributed by atoms with van der Waals surface area (Å²) in [6.07, 6.45) is 11.1. The fourth-order valence-corrected chi connectivity index (χ4v) is 9.17.